The second-order valence-corrected chi connectivity index (χ2v) is 8.24. The second kappa shape index (κ2) is 9.83. The van der Waals surface area contributed by atoms with Crippen LogP contribution < -0.4 is 14.3 Å². The van der Waals surface area contributed by atoms with Gasteiger partial charge in [0.05, 0.1) is 31.8 Å². The number of hydrogen-bond donors (Lipinski definition) is 0. The van der Waals surface area contributed by atoms with E-state index >= 15 is 0 Å². The molecule has 168 valence electrons. The fraction of sp³-hybridized carbons (Fsp3) is 0.154. The van der Waals surface area contributed by atoms with Gasteiger partial charge in [-0.1, -0.05) is 36.4 Å². The highest BCUT2D eigenvalue weighted by molar-refractivity contribution is 7.07. The maximum atomic E-state index is 14.3. The van der Waals surface area contributed by atoms with Crippen molar-refractivity contribution >= 4 is 23.2 Å². The Hall–Kier alpha value is -3.71. The molecule has 4 rings (SSSR count). The van der Waals surface area contributed by atoms with E-state index in [-0.39, 0.29) is 5.82 Å². The molecule has 0 radical (unpaired) electrons. The largest absolute Gasteiger partial charge is 0.497 e. The predicted molar refractivity (Wildman–Crippen MR) is 131 cm³/mol. The van der Waals surface area contributed by atoms with E-state index in [1.807, 2.05) is 55.6 Å². The Labute approximate surface area is 196 Å². The number of para-hydroxylation sites is 1. The third-order valence-electron chi connectivity index (χ3n) is 5.23. The quantitative estimate of drug-likeness (QED) is 0.326. The van der Waals surface area contributed by atoms with Gasteiger partial charge in [-0.05, 0) is 49.2 Å². The minimum absolute atomic E-state index is 0.342. The van der Waals surface area contributed by atoms with Gasteiger partial charge in [-0.25, -0.2) is 14.1 Å². The van der Waals surface area contributed by atoms with Crippen molar-refractivity contribution in [2.75, 3.05) is 14.2 Å². The van der Waals surface area contributed by atoms with Crippen LogP contribution in [0.4, 0.5) is 10.1 Å². The summed E-state index contributed by atoms with van der Waals surface area (Å²) in [7, 11) is 3.23. The molecule has 7 heteroatoms. The molecular formula is C26H24FN3O2S. The van der Waals surface area contributed by atoms with Crippen molar-refractivity contribution < 1.29 is 13.9 Å². The highest BCUT2D eigenvalue weighted by atomic mass is 32.1. The average molecular weight is 462 g/mol. The van der Waals surface area contributed by atoms with E-state index in [1.54, 1.807) is 37.1 Å². The van der Waals surface area contributed by atoms with Crippen molar-refractivity contribution in [1.29, 1.82) is 0 Å². The van der Waals surface area contributed by atoms with Gasteiger partial charge < -0.3 is 9.47 Å². The van der Waals surface area contributed by atoms with Crippen LogP contribution in [0.15, 0.2) is 76.1 Å². The zero-order valence-corrected chi connectivity index (χ0v) is 19.7. The molecule has 0 amide bonds. The van der Waals surface area contributed by atoms with Crippen LogP contribution in [0.5, 0.6) is 11.5 Å². The average Bonchev–Trinajstić information content (AvgIpc) is 3.22. The summed E-state index contributed by atoms with van der Waals surface area (Å²) in [6, 6.07) is 18.1. The van der Waals surface area contributed by atoms with Crippen LogP contribution in [0.25, 0.3) is 11.3 Å². The number of thiazole rings is 1. The maximum absolute atomic E-state index is 14.3. The number of methoxy groups -OCH3 is 2. The summed E-state index contributed by atoms with van der Waals surface area (Å²) in [4.78, 5) is 5.57. The highest BCUT2D eigenvalue weighted by Gasteiger charge is 2.15. The molecule has 1 heterocycles. The van der Waals surface area contributed by atoms with E-state index < -0.39 is 0 Å². The molecule has 0 saturated carbocycles. The van der Waals surface area contributed by atoms with E-state index in [9.17, 15) is 4.39 Å². The van der Waals surface area contributed by atoms with E-state index in [4.69, 9.17) is 14.5 Å². The first-order valence-corrected chi connectivity index (χ1v) is 11.2. The molecule has 0 atom stereocenters. The Kier molecular flexibility index (Phi) is 6.70. The highest BCUT2D eigenvalue weighted by Crippen LogP contribution is 2.34. The number of hydrogen-bond acceptors (Lipinski definition) is 5. The molecule has 0 aliphatic carbocycles. The van der Waals surface area contributed by atoms with Gasteiger partial charge in [0.2, 0.25) is 4.80 Å². The van der Waals surface area contributed by atoms with Crippen LogP contribution in [0.2, 0.25) is 0 Å². The van der Waals surface area contributed by atoms with Crippen molar-refractivity contribution in [3.63, 3.8) is 0 Å². The van der Waals surface area contributed by atoms with E-state index in [1.165, 1.54) is 23.6 Å². The Bertz CT molecular complexity index is 1370. The SMILES string of the molecule is COc1ccc(OC)c(-c2csc(=Nc3c(C)cccc3C)n2N=Cc2ccccc2F)c1. The van der Waals surface area contributed by atoms with Crippen molar-refractivity contribution in [3.05, 3.63) is 93.4 Å². The fourth-order valence-electron chi connectivity index (χ4n) is 3.47. The van der Waals surface area contributed by atoms with Gasteiger partial charge in [0.25, 0.3) is 0 Å². The van der Waals surface area contributed by atoms with Crippen LogP contribution in [0.3, 0.4) is 0 Å². The molecule has 0 bridgehead atoms. The lowest BCUT2D eigenvalue weighted by Crippen LogP contribution is -2.12. The molecule has 0 aliphatic heterocycles. The normalized spacial score (nSPS) is 11.8. The zero-order chi connectivity index (χ0) is 23.4. The summed E-state index contributed by atoms with van der Waals surface area (Å²) >= 11 is 1.45. The number of nitrogens with zero attached hydrogens (tertiary/aromatic N) is 3. The molecule has 0 unspecified atom stereocenters. The lowest BCUT2D eigenvalue weighted by molar-refractivity contribution is 0.404. The Morgan fingerprint density at radius 3 is 2.39 bits per heavy atom. The number of aromatic nitrogens is 1. The number of rotatable bonds is 6. The molecule has 0 saturated heterocycles. The standard InChI is InChI=1S/C26H24FN3O2S/c1-17-8-7-9-18(2)25(17)29-26-30(28-15-19-10-5-6-11-22(19)27)23(16-33-26)21-14-20(31-3)12-13-24(21)32-4/h5-16H,1-4H3. The monoisotopic (exact) mass is 461 g/mol. The van der Waals surface area contributed by atoms with Gasteiger partial charge in [0.1, 0.15) is 17.3 Å². The van der Waals surface area contributed by atoms with E-state index in [2.05, 4.69) is 5.10 Å². The van der Waals surface area contributed by atoms with Gasteiger partial charge in [-0.2, -0.15) is 5.10 Å². The summed E-state index contributed by atoms with van der Waals surface area (Å²) in [5.41, 5.74) is 4.95. The molecule has 0 N–H and O–H groups in total. The van der Waals surface area contributed by atoms with Crippen molar-refractivity contribution in [3.8, 4) is 22.8 Å². The summed E-state index contributed by atoms with van der Waals surface area (Å²) in [5, 5.41) is 6.59. The minimum atomic E-state index is -0.342. The van der Waals surface area contributed by atoms with Crippen LogP contribution >= 0.6 is 11.3 Å². The number of aryl methyl sites for hydroxylation is 2. The molecule has 33 heavy (non-hydrogen) atoms. The molecule has 0 fully saturated rings. The van der Waals surface area contributed by atoms with Gasteiger partial charge in [0.15, 0.2) is 0 Å². The second-order valence-electron chi connectivity index (χ2n) is 7.40. The van der Waals surface area contributed by atoms with Crippen LogP contribution in [0, 0.1) is 19.7 Å². The summed E-state index contributed by atoms with van der Waals surface area (Å²) in [6.45, 7) is 4.05. The first kappa shape index (κ1) is 22.5. The molecule has 4 aromatic rings. The molecule has 1 aromatic heterocycles. The van der Waals surface area contributed by atoms with Crippen LogP contribution in [-0.4, -0.2) is 25.1 Å². The summed E-state index contributed by atoms with van der Waals surface area (Å²) < 4.78 is 27.0. The molecule has 3 aromatic carbocycles. The topological polar surface area (TPSA) is 48.1 Å². The molecular weight excluding hydrogens is 437 g/mol. The molecule has 0 aliphatic rings. The molecule has 0 spiro atoms. The van der Waals surface area contributed by atoms with Crippen molar-refractivity contribution in [1.82, 2.24) is 4.68 Å². The van der Waals surface area contributed by atoms with E-state index in [0.717, 1.165) is 28.1 Å². The number of halogens is 1. The number of ether oxygens (including phenoxy) is 2. The third-order valence-corrected chi connectivity index (χ3v) is 6.05. The predicted octanol–water partition coefficient (Wildman–Crippen LogP) is 6.10. The van der Waals surface area contributed by atoms with Crippen LogP contribution in [-0.2, 0) is 0 Å². The van der Waals surface area contributed by atoms with Crippen molar-refractivity contribution in [2.45, 2.75) is 13.8 Å². The smallest absolute Gasteiger partial charge is 0.211 e. The first-order chi connectivity index (χ1) is 16.0. The molecule has 5 nitrogen and oxygen atoms in total. The zero-order valence-electron chi connectivity index (χ0n) is 18.9. The Morgan fingerprint density at radius 1 is 0.939 bits per heavy atom. The van der Waals surface area contributed by atoms with Gasteiger partial charge in [-0.3, -0.25) is 0 Å². The fourth-order valence-corrected chi connectivity index (χ4v) is 4.30. The van der Waals surface area contributed by atoms with Gasteiger partial charge >= 0.3 is 0 Å². The summed E-state index contributed by atoms with van der Waals surface area (Å²) in [5.74, 6) is 1.02. The minimum Gasteiger partial charge on any atom is -0.497 e. The van der Waals surface area contributed by atoms with E-state index in [0.29, 0.717) is 21.9 Å². The van der Waals surface area contributed by atoms with Gasteiger partial charge in [0, 0.05) is 16.5 Å². The Morgan fingerprint density at radius 2 is 1.70 bits per heavy atom. The van der Waals surface area contributed by atoms with Gasteiger partial charge in [-0.15, -0.1) is 11.3 Å². The lowest BCUT2D eigenvalue weighted by atomic mass is 10.1. The summed E-state index contributed by atoms with van der Waals surface area (Å²) in [6.07, 6.45) is 1.50. The van der Waals surface area contributed by atoms with Crippen molar-refractivity contribution in [2.24, 2.45) is 10.1 Å². The maximum Gasteiger partial charge on any atom is 0.211 e. The Balaban J connectivity index is 1.96. The van der Waals surface area contributed by atoms with Crippen LogP contribution in [0.1, 0.15) is 16.7 Å². The third kappa shape index (κ3) is 4.73. The lowest BCUT2D eigenvalue weighted by Gasteiger charge is -2.11. The first-order valence-electron chi connectivity index (χ1n) is 10.3. The number of benzene rings is 3.